The lowest BCUT2D eigenvalue weighted by Gasteiger charge is -2.12. The number of amides is 1. The van der Waals surface area contributed by atoms with Crippen LogP contribution in [-0.2, 0) is 13.2 Å². The Morgan fingerprint density at radius 2 is 1.96 bits per heavy atom. The zero-order chi connectivity index (χ0) is 20.3. The number of aromatic nitrogens is 2. The van der Waals surface area contributed by atoms with Gasteiger partial charge >= 0.3 is 12.3 Å². The fourth-order valence-electron chi connectivity index (χ4n) is 2.57. The van der Waals surface area contributed by atoms with Gasteiger partial charge in [-0.3, -0.25) is 10.00 Å². The van der Waals surface area contributed by atoms with Gasteiger partial charge in [0.2, 0.25) is 5.69 Å². The third-order valence-electron chi connectivity index (χ3n) is 3.73. The average molecular weight is 386 g/mol. The summed E-state index contributed by atoms with van der Waals surface area (Å²) in [7, 11) is 1.29. The Hall–Kier alpha value is -3.80. The number of anilines is 1. The molecule has 0 aliphatic carbocycles. The quantitative estimate of drug-likeness (QED) is 0.714. The third kappa shape index (κ3) is 4.12. The van der Waals surface area contributed by atoms with Crippen LogP contribution in [0.5, 0.6) is 5.75 Å². The third-order valence-corrected chi connectivity index (χ3v) is 3.73. The Balaban J connectivity index is 1.86. The van der Waals surface area contributed by atoms with Crippen molar-refractivity contribution in [1.29, 1.82) is 5.26 Å². The molecule has 1 N–H and O–H groups in total. The first kappa shape index (κ1) is 19.0. The van der Waals surface area contributed by atoms with E-state index >= 15 is 0 Å². The number of carbonyl (C=O) groups excluding carboxylic acids is 1. The number of carbonyl (C=O) groups is 1. The zero-order valence-electron chi connectivity index (χ0n) is 14.5. The van der Waals surface area contributed by atoms with Gasteiger partial charge in [-0.15, -0.1) is 0 Å². The van der Waals surface area contributed by atoms with E-state index in [1.165, 1.54) is 7.05 Å². The number of benzene rings is 2. The van der Waals surface area contributed by atoms with Crippen LogP contribution in [0.3, 0.4) is 0 Å². The van der Waals surface area contributed by atoms with Gasteiger partial charge in [0.05, 0.1) is 23.5 Å². The molecule has 0 aliphatic heterocycles. The van der Waals surface area contributed by atoms with Gasteiger partial charge < -0.3 is 4.74 Å². The number of ether oxygens (including phenoxy) is 1. The highest BCUT2D eigenvalue weighted by molar-refractivity contribution is 5.92. The molecule has 28 heavy (non-hydrogen) atoms. The molecule has 6 nitrogen and oxygen atoms in total. The highest BCUT2D eigenvalue weighted by Gasteiger charge is 2.38. The van der Waals surface area contributed by atoms with E-state index in [4.69, 9.17) is 10.00 Å². The normalized spacial score (nSPS) is 11.0. The van der Waals surface area contributed by atoms with Crippen LogP contribution in [0.2, 0.25) is 0 Å². The average Bonchev–Trinajstić information content (AvgIpc) is 3.02. The molecule has 3 rings (SSSR count). The number of alkyl halides is 3. The number of aryl methyl sites for hydroxylation is 1. The van der Waals surface area contributed by atoms with Crippen molar-refractivity contribution in [2.24, 2.45) is 7.05 Å². The summed E-state index contributed by atoms with van der Waals surface area (Å²) in [6.45, 7) is 0. The van der Waals surface area contributed by atoms with Gasteiger partial charge in [-0.05, 0) is 23.8 Å². The van der Waals surface area contributed by atoms with Gasteiger partial charge in [-0.1, -0.05) is 30.3 Å². The van der Waals surface area contributed by atoms with Crippen molar-refractivity contribution in [3.05, 3.63) is 66.0 Å². The monoisotopic (exact) mass is 386 g/mol. The minimum absolute atomic E-state index is 0.319. The summed E-state index contributed by atoms with van der Waals surface area (Å²) in [5.74, 6) is -0.698. The fraction of sp³-hybridized carbons (Fsp3) is 0.105. The van der Waals surface area contributed by atoms with E-state index in [9.17, 15) is 18.0 Å². The summed E-state index contributed by atoms with van der Waals surface area (Å²) in [6, 6.07) is 15.4. The largest absolute Gasteiger partial charge is 0.438 e. The molecule has 0 atom stereocenters. The molecule has 0 saturated heterocycles. The van der Waals surface area contributed by atoms with E-state index < -0.39 is 23.7 Å². The maximum Gasteiger partial charge on any atom is 0.438 e. The van der Waals surface area contributed by atoms with Gasteiger partial charge in [0.25, 0.3) is 0 Å². The molecule has 0 saturated carbocycles. The molecule has 9 heteroatoms. The molecule has 0 unspecified atom stereocenters. The molecule has 1 aromatic heterocycles. The minimum Gasteiger partial charge on any atom is -0.406 e. The van der Waals surface area contributed by atoms with Crippen LogP contribution in [0.15, 0.2) is 54.7 Å². The fourth-order valence-corrected chi connectivity index (χ4v) is 2.57. The van der Waals surface area contributed by atoms with Gasteiger partial charge in [0.15, 0.2) is 5.75 Å². The lowest BCUT2D eigenvalue weighted by atomic mass is 10.0. The second-order valence-electron chi connectivity index (χ2n) is 5.77. The van der Waals surface area contributed by atoms with Crippen LogP contribution in [0, 0.1) is 11.3 Å². The van der Waals surface area contributed by atoms with Crippen molar-refractivity contribution < 1.29 is 22.7 Å². The lowest BCUT2D eigenvalue weighted by Crippen LogP contribution is -2.19. The summed E-state index contributed by atoms with van der Waals surface area (Å²) in [5, 5.41) is 14.8. The molecule has 0 fully saturated rings. The van der Waals surface area contributed by atoms with Crippen molar-refractivity contribution in [3.63, 3.8) is 0 Å². The van der Waals surface area contributed by atoms with Gasteiger partial charge in [-0.2, -0.15) is 23.5 Å². The topological polar surface area (TPSA) is 79.9 Å². The molecule has 0 spiro atoms. The molecule has 3 aromatic rings. The second-order valence-corrected chi connectivity index (χ2v) is 5.77. The lowest BCUT2D eigenvalue weighted by molar-refractivity contribution is -0.142. The highest BCUT2D eigenvalue weighted by Crippen LogP contribution is 2.35. The van der Waals surface area contributed by atoms with E-state index in [0.29, 0.717) is 22.4 Å². The van der Waals surface area contributed by atoms with Crippen LogP contribution in [0.1, 0.15) is 11.3 Å². The van der Waals surface area contributed by atoms with Crippen molar-refractivity contribution in [1.82, 2.24) is 9.78 Å². The Kier molecular flexibility index (Phi) is 5.04. The van der Waals surface area contributed by atoms with Crippen LogP contribution >= 0.6 is 0 Å². The van der Waals surface area contributed by atoms with Gasteiger partial charge in [0, 0.05) is 12.6 Å². The summed E-state index contributed by atoms with van der Waals surface area (Å²) in [4.78, 5) is 12.2. The maximum atomic E-state index is 13.0. The van der Waals surface area contributed by atoms with Crippen molar-refractivity contribution >= 4 is 11.8 Å². The standard InChI is InChI=1S/C19H13F3N4O2/c1-26-11-16(17(25-26)19(20,21)22)28-18(27)24-15-8-3-2-7-14(15)13-6-4-5-12(9-13)10-23/h2-9,11H,1H3,(H,24,27). The number of nitrogens with zero attached hydrogens (tertiary/aromatic N) is 3. The van der Waals surface area contributed by atoms with E-state index in [1.807, 2.05) is 6.07 Å². The van der Waals surface area contributed by atoms with Crippen LogP contribution in [-0.4, -0.2) is 15.9 Å². The van der Waals surface area contributed by atoms with E-state index in [-0.39, 0.29) is 0 Å². The number of para-hydroxylation sites is 1. The van der Waals surface area contributed by atoms with E-state index in [2.05, 4.69) is 10.4 Å². The van der Waals surface area contributed by atoms with Crippen LogP contribution in [0.4, 0.5) is 23.7 Å². The second kappa shape index (κ2) is 7.44. The molecule has 1 heterocycles. The number of nitriles is 1. The summed E-state index contributed by atoms with van der Waals surface area (Å²) < 4.78 is 44.7. The first-order chi connectivity index (χ1) is 13.3. The molecule has 2 aromatic carbocycles. The number of hydrogen-bond donors (Lipinski definition) is 1. The SMILES string of the molecule is Cn1cc(OC(=O)Nc2ccccc2-c2cccc(C#N)c2)c(C(F)(F)F)n1. The molecule has 0 radical (unpaired) electrons. The summed E-state index contributed by atoms with van der Waals surface area (Å²) >= 11 is 0. The molecule has 142 valence electrons. The van der Waals surface area contributed by atoms with Crippen molar-refractivity contribution in [3.8, 4) is 22.9 Å². The van der Waals surface area contributed by atoms with Crippen LogP contribution < -0.4 is 10.1 Å². The van der Waals surface area contributed by atoms with Crippen LogP contribution in [0.25, 0.3) is 11.1 Å². The van der Waals surface area contributed by atoms with E-state index in [0.717, 1.165) is 10.9 Å². The van der Waals surface area contributed by atoms with E-state index in [1.54, 1.807) is 48.5 Å². The molecule has 0 bridgehead atoms. The first-order valence-electron chi connectivity index (χ1n) is 7.97. The first-order valence-corrected chi connectivity index (χ1v) is 7.97. The summed E-state index contributed by atoms with van der Waals surface area (Å²) in [6.07, 6.45) is -4.89. The van der Waals surface area contributed by atoms with Crippen molar-refractivity contribution in [2.45, 2.75) is 6.18 Å². The molecular weight excluding hydrogens is 373 g/mol. The maximum absolute atomic E-state index is 13.0. The Morgan fingerprint density at radius 3 is 2.68 bits per heavy atom. The number of rotatable bonds is 3. The summed E-state index contributed by atoms with van der Waals surface area (Å²) in [5.41, 5.74) is 0.700. The smallest absolute Gasteiger partial charge is 0.406 e. The predicted molar refractivity (Wildman–Crippen MR) is 94.4 cm³/mol. The Morgan fingerprint density at radius 1 is 1.21 bits per heavy atom. The van der Waals surface area contributed by atoms with Gasteiger partial charge in [-0.25, -0.2) is 4.79 Å². The van der Waals surface area contributed by atoms with Crippen molar-refractivity contribution in [2.75, 3.05) is 5.32 Å². The highest BCUT2D eigenvalue weighted by atomic mass is 19.4. The zero-order valence-corrected chi connectivity index (χ0v) is 14.5. The predicted octanol–water partition coefficient (Wildman–Crippen LogP) is 4.59. The minimum atomic E-state index is -4.76. The molecule has 1 amide bonds. The molecule has 0 aliphatic rings. The molecular formula is C19H13F3N4O2. The Labute approximate surface area is 157 Å². The van der Waals surface area contributed by atoms with Gasteiger partial charge in [0.1, 0.15) is 0 Å². The number of halogens is 3. The number of hydrogen-bond acceptors (Lipinski definition) is 4. The Bertz CT molecular complexity index is 1070. The number of nitrogens with one attached hydrogen (secondary N) is 1.